The summed E-state index contributed by atoms with van der Waals surface area (Å²) in [5, 5.41) is 7.82. The number of nitrogens with zero attached hydrogens (tertiary/aromatic N) is 4. The maximum Gasteiger partial charge on any atom is 0.162 e. The summed E-state index contributed by atoms with van der Waals surface area (Å²) in [6.07, 6.45) is 4.58. The maximum atomic E-state index is 4.67. The van der Waals surface area contributed by atoms with E-state index >= 15 is 0 Å². The van der Waals surface area contributed by atoms with Gasteiger partial charge in [-0.2, -0.15) is 5.10 Å². The minimum atomic E-state index is 0.891. The molecule has 0 fully saturated rings. The molecule has 0 radical (unpaired) electrons. The molecule has 0 saturated carbocycles. The monoisotopic (exact) mass is 273 g/mol. The molecule has 0 aliphatic rings. The molecule has 0 atom stereocenters. The van der Waals surface area contributed by atoms with Crippen molar-refractivity contribution >= 4 is 5.82 Å². The Balaban J connectivity index is 2.63. The highest BCUT2D eigenvalue weighted by atomic mass is 15.3. The average Bonchev–Trinajstić information content (AvgIpc) is 2.74. The fraction of sp³-hybridized carbons (Fsp3) is 0.533. The maximum absolute atomic E-state index is 4.67. The van der Waals surface area contributed by atoms with Crippen molar-refractivity contribution in [3.05, 3.63) is 28.8 Å². The predicted molar refractivity (Wildman–Crippen MR) is 81.5 cm³/mol. The summed E-state index contributed by atoms with van der Waals surface area (Å²) >= 11 is 0. The van der Waals surface area contributed by atoms with Gasteiger partial charge in [0, 0.05) is 18.3 Å². The highest BCUT2D eigenvalue weighted by molar-refractivity contribution is 5.52. The molecule has 0 spiro atoms. The predicted octanol–water partition coefficient (Wildman–Crippen LogP) is 2.84. The summed E-state index contributed by atoms with van der Waals surface area (Å²) < 4.78 is 1.96. The summed E-state index contributed by atoms with van der Waals surface area (Å²) in [7, 11) is 1.89. The van der Waals surface area contributed by atoms with Crippen LogP contribution in [0.4, 0.5) is 5.82 Å². The number of rotatable bonds is 5. The van der Waals surface area contributed by atoms with E-state index in [1.54, 1.807) is 6.33 Å². The van der Waals surface area contributed by atoms with E-state index in [0.717, 1.165) is 42.2 Å². The molecule has 0 aromatic carbocycles. The molecular weight excluding hydrogens is 250 g/mol. The largest absolute Gasteiger partial charge is 0.373 e. The Labute approximate surface area is 120 Å². The van der Waals surface area contributed by atoms with Gasteiger partial charge in [0.05, 0.1) is 5.69 Å². The van der Waals surface area contributed by atoms with E-state index in [1.165, 1.54) is 11.3 Å². The number of nitrogens with one attached hydrogen (secondary N) is 1. The van der Waals surface area contributed by atoms with Gasteiger partial charge in [-0.05, 0) is 32.3 Å². The number of aryl methyl sites for hydroxylation is 1. The quantitative estimate of drug-likeness (QED) is 0.910. The Morgan fingerprint density at radius 3 is 2.45 bits per heavy atom. The average molecular weight is 273 g/mol. The van der Waals surface area contributed by atoms with E-state index < -0.39 is 0 Å². The van der Waals surface area contributed by atoms with Crippen molar-refractivity contribution in [2.24, 2.45) is 0 Å². The van der Waals surface area contributed by atoms with Gasteiger partial charge in [0.2, 0.25) is 0 Å². The zero-order valence-electron chi connectivity index (χ0n) is 13.0. The smallest absolute Gasteiger partial charge is 0.162 e. The van der Waals surface area contributed by atoms with Crippen LogP contribution in [0.1, 0.15) is 42.8 Å². The third-order valence-electron chi connectivity index (χ3n) is 3.65. The number of hydrogen-bond donors (Lipinski definition) is 1. The first-order valence-electron chi connectivity index (χ1n) is 7.21. The van der Waals surface area contributed by atoms with Crippen LogP contribution in [0.25, 0.3) is 5.82 Å². The minimum absolute atomic E-state index is 0.891. The van der Waals surface area contributed by atoms with Crippen molar-refractivity contribution in [3.8, 4) is 5.82 Å². The molecule has 0 aliphatic carbocycles. The van der Waals surface area contributed by atoms with E-state index in [0.29, 0.717) is 0 Å². The van der Waals surface area contributed by atoms with Crippen LogP contribution in [0.15, 0.2) is 6.33 Å². The van der Waals surface area contributed by atoms with Crippen LogP contribution in [0.2, 0.25) is 0 Å². The lowest BCUT2D eigenvalue weighted by Crippen LogP contribution is -2.10. The Bertz CT molecular complexity index is 601. The molecular formula is C15H23N5. The van der Waals surface area contributed by atoms with Crippen LogP contribution < -0.4 is 5.32 Å². The molecule has 0 amide bonds. The lowest BCUT2D eigenvalue weighted by atomic mass is 10.1. The second-order valence-electron chi connectivity index (χ2n) is 4.94. The van der Waals surface area contributed by atoms with Crippen LogP contribution in [0.3, 0.4) is 0 Å². The molecule has 2 rings (SSSR count). The van der Waals surface area contributed by atoms with Gasteiger partial charge in [0.25, 0.3) is 0 Å². The Morgan fingerprint density at radius 2 is 1.90 bits per heavy atom. The Morgan fingerprint density at radius 1 is 1.15 bits per heavy atom. The summed E-state index contributed by atoms with van der Waals surface area (Å²) in [5.74, 6) is 1.79. The number of hydrogen-bond acceptors (Lipinski definition) is 4. The third-order valence-corrected chi connectivity index (χ3v) is 3.65. The highest BCUT2D eigenvalue weighted by Gasteiger charge is 2.17. The normalized spacial score (nSPS) is 10.8. The topological polar surface area (TPSA) is 55.6 Å². The molecule has 2 aromatic rings. The Kier molecular flexibility index (Phi) is 4.37. The second kappa shape index (κ2) is 6.03. The molecule has 0 bridgehead atoms. The van der Waals surface area contributed by atoms with E-state index in [-0.39, 0.29) is 0 Å². The van der Waals surface area contributed by atoms with Gasteiger partial charge in [-0.25, -0.2) is 14.6 Å². The van der Waals surface area contributed by atoms with Crippen molar-refractivity contribution in [2.75, 3.05) is 12.4 Å². The van der Waals surface area contributed by atoms with Gasteiger partial charge in [0.15, 0.2) is 5.82 Å². The molecule has 0 saturated heterocycles. The van der Waals surface area contributed by atoms with Gasteiger partial charge >= 0.3 is 0 Å². The highest BCUT2D eigenvalue weighted by Crippen LogP contribution is 2.23. The van der Waals surface area contributed by atoms with Crippen LogP contribution in [-0.4, -0.2) is 26.8 Å². The first kappa shape index (κ1) is 14.5. The lowest BCUT2D eigenvalue weighted by Gasteiger charge is -2.13. The molecule has 1 N–H and O–H groups in total. The fourth-order valence-corrected chi connectivity index (χ4v) is 2.67. The SMILES string of the molecule is CCCc1c(NC)ncnc1-n1nc(C)c(CC)c1C. The van der Waals surface area contributed by atoms with E-state index in [1.807, 2.05) is 11.7 Å². The van der Waals surface area contributed by atoms with Crippen LogP contribution in [-0.2, 0) is 12.8 Å². The first-order chi connectivity index (χ1) is 9.63. The van der Waals surface area contributed by atoms with Crippen molar-refractivity contribution in [2.45, 2.75) is 47.0 Å². The minimum Gasteiger partial charge on any atom is -0.373 e. The zero-order valence-corrected chi connectivity index (χ0v) is 13.0. The summed E-state index contributed by atoms with van der Waals surface area (Å²) in [6.45, 7) is 8.49. The first-order valence-corrected chi connectivity index (χ1v) is 7.21. The van der Waals surface area contributed by atoms with Gasteiger partial charge in [-0.3, -0.25) is 0 Å². The molecule has 0 unspecified atom stereocenters. The van der Waals surface area contributed by atoms with E-state index in [2.05, 4.69) is 48.1 Å². The van der Waals surface area contributed by atoms with Gasteiger partial charge in [0.1, 0.15) is 12.1 Å². The molecule has 2 heterocycles. The van der Waals surface area contributed by atoms with Gasteiger partial charge < -0.3 is 5.32 Å². The molecule has 108 valence electrons. The van der Waals surface area contributed by atoms with E-state index in [9.17, 15) is 0 Å². The molecule has 2 aromatic heterocycles. The van der Waals surface area contributed by atoms with Gasteiger partial charge in [-0.15, -0.1) is 0 Å². The van der Waals surface area contributed by atoms with Crippen molar-refractivity contribution in [1.82, 2.24) is 19.7 Å². The summed E-state index contributed by atoms with van der Waals surface area (Å²) in [6, 6.07) is 0. The fourth-order valence-electron chi connectivity index (χ4n) is 2.67. The van der Waals surface area contributed by atoms with E-state index in [4.69, 9.17) is 0 Å². The van der Waals surface area contributed by atoms with Crippen molar-refractivity contribution < 1.29 is 0 Å². The number of aromatic nitrogens is 4. The van der Waals surface area contributed by atoms with Crippen LogP contribution in [0, 0.1) is 13.8 Å². The molecule has 5 nitrogen and oxygen atoms in total. The van der Waals surface area contributed by atoms with Crippen LogP contribution >= 0.6 is 0 Å². The van der Waals surface area contributed by atoms with Crippen molar-refractivity contribution in [3.63, 3.8) is 0 Å². The summed E-state index contributed by atoms with van der Waals surface area (Å²) in [5.41, 5.74) is 4.68. The molecule has 5 heteroatoms. The number of anilines is 1. The van der Waals surface area contributed by atoms with Crippen molar-refractivity contribution in [1.29, 1.82) is 0 Å². The second-order valence-corrected chi connectivity index (χ2v) is 4.94. The molecule has 20 heavy (non-hydrogen) atoms. The summed E-state index contributed by atoms with van der Waals surface area (Å²) in [4.78, 5) is 8.79. The van der Waals surface area contributed by atoms with Crippen LogP contribution in [0.5, 0.6) is 0 Å². The zero-order chi connectivity index (χ0) is 14.7. The lowest BCUT2D eigenvalue weighted by molar-refractivity contribution is 0.772. The van der Waals surface area contributed by atoms with Gasteiger partial charge in [-0.1, -0.05) is 20.3 Å². The molecule has 0 aliphatic heterocycles. The standard InChI is InChI=1S/C15H23N5/c1-6-8-13-14(16-5)17-9-18-15(13)20-11(4)12(7-2)10(3)19-20/h9H,6-8H2,1-5H3,(H,16,17,18). The Hall–Kier alpha value is -1.91. The third kappa shape index (κ3) is 2.40.